The van der Waals surface area contributed by atoms with E-state index < -0.39 is 23.3 Å². The standard InChI is InChI=1S/C21H18F2N6O4S/c1-24-34-28-19-18(23)12(4-6-25-19)9-29-20(30)33-15-8-16(32-17-3-2-5-26-27-17)14(22)7-13(15)21(29)10-31-11-21/h2-8,24H,9-11H2,1H3,(H,25,28). The summed E-state index contributed by atoms with van der Waals surface area (Å²) in [6.45, 7) is 0.0764. The van der Waals surface area contributed by atoms with Crippen molar-refractivity contribution in [2.75, 3.05) is 25.0 Å². The molecule has 1 spiro atoms. The number of rotatable bonds is 7. The molecule has 4 heterocycles. The summed E-state index contributed by atoms with van der Waals surface area (Å²) in [5.74, 6) is -1.24. The largest absolute Gasteiger partial charge is 0.434 e. The third-order valence-corrected chi connectivity index (χ3v) is 5.96. The van der Waals surface area contributed by atoms with Gasteiger partial charge in [-0.3, -0.25) is 9.62 Å². The molecule has 3 aromatic rings. The molecule has 2 aliphatic rings. The Kier molecular flexibility index (Phi) is 5.89. The molecule has 5 rings (SSSR count). The van der Waals surface area contributed by atoms with Gasteiger partial charge in [0.25, 0.3) is 0 Å². The quantitative estimate of drug-likeness (QED) is 0.480. The highest BCUT2D eigenvalue weighted by Gasteiger charge is 2.54. The summed E-state index contributed by atoms with van der Waals surface area (Å²) in [6.07, 6.45) is 2.17. The first-order valence-corrected chi connectivity index (χ1v) is 10.9. The zero-order chi connectivity index (χ0) is 23.7. The smallest absolute Gasteiger partial charge is 0.416 e. The van der Waals surface area contributed by atoms with Gasteiger partial charge in [0.15, 0.2) is 23.2 Å². The summed E-state index contributed by atoms with van der Waals surface area (Å²) in [5.41, 5.74) is -0.399. The average Bonchev–Trinajstić information content (AvgIpc) is 2.80. The number of nitrogens with one attached hydrogen (secondary N) is 2. The minimum absolute atomic E-state index is 0.0124. The number of anilines is 1. The summed E-state index contributed by atoms with van der Waals surface area (Å²) in [7, 11) is 1.67. The Balaban J connectivity index is 1.47. The van der Waals surface area contributed by atoms with Crippen LogP contribution in [0.3, 0.4) is 0 Å². The van der Waals surface area contributed by atoms with Crippen LogP contribution in [0.5, 0.6) is 17.4 Å². The van der Waals surface area contributed by atoms with Gasteiger partial charge in [0.2, 0.25) is 5.88 Å². The van der Waals surface area contributed by atoms with Gasteiger partial charge in [0.1, 0.15) is 11.3 Å². The summed E-state index contributed by atoms with van der Waals surface area (Å²) in [5, 5.41) is 7.45. The fourth-order valence-electron chi connectivity index (χ4n) is 3.75. The lowest BCUT2D eigenvalue weighted by Crippen LogP contribution is -2.63. The first kappa shape index (κ1) is 22.3. The van der Waals surface area contributed by atoms with Gasteiger partial charge < -0.3 is 14.2 Å². The predicted molar refractivity (Wildman–Crippen MR) is 117 cm³/mol. The van der Waals surface area contributed by atoms with Gasteiger partial charge in [0.05, 0.1) is 19.8 Å². The lowest BCUT2D eigenvalue weighted by Gasteiger charge is -2.51. The second-order valence-corrected chi connectivity index (χ2v) is 8.28. The van der Waals surface area contributed by atoms with E-state index in [0.717, 1.165) is 12.1 Å². The maximum atomic E-state index is 15.0. The van der Waals surface area contributed by atoms with E-state index in [9.17, 15) is 9.18 Å². The monoisotopic (exact) mass is 488 g/mol. The minimum atomic E-state index is -1.01. The Bertz CT molecular complexity index is 1230. The molecule has 0 aliphatic carbocycles. The highest BCUT2D eigenvalue weighted by atomic mass is 32.2. The van der Waals surface area contributed by atoms with E-state index in [2.05, 4.69) is 24.6 Å². The number of aromatic nitrogens is 3. The Hall–Kier alpha value is -3.55. The molecule has 0 unspecified atom stereocenters. The van der Waals surface area contributed by atoms with Crippen LogP contribution in [0.15, 0.2) is 42.7 Å². The fourth-order valence-corrected chi connectivity index (χ4v) is 4.10. The van der Waals surface area contributed by atoms with Crippen molar-refractivity contribution < 1.29 is 27.8 Å². The van der Waals surface area contributed by atoms with Crippen LogP contribution in [0.25, 0.3) is 0 Å². The van der Waals surface area contributed by atoms with E-state index in [-0.39, 0.29) is 48.5 Å². The molecular formula is C21H18F2N6O4S. The number of carbonyl (C=O) groups is 1. The van der Waals surface area contributed by atoms with Crippen molar-refractivity contribution in [2.45, 2.75) is 12.1 Å². The van der Waals surface area contributed by atoms with E-state index in [1.165, 1.54) is 41.6 Å². The molecule has 2 aromatic heterocycles. The number of amides is 1. The summed E-state index contributed by atoms with van der Waals surface area (Å²) in [4.78, 5) is 18.3. The number of benzene rings is 1. The molecule has 1 saturated heterocycles. The van der Waals surface area contributed by atoms with E-state index in [1.54, 1.807) is 13.1 Å². The summed E-state index contributed by atoms with van der Waals surface area (Å²) >= 11 is 1.05. The van der Waals surface area contributed by atoms with Crippen LogP contribution in [0.1, 0.15) is 11.1 Å². The number of fused-ring (bicyclic) bond motifs is 2. The van der Waals surface area contributed by atoms with Gasteiger partial charge in [0, 0.05) is 47.8 Å². The van der Waals surface area contributed by atoms with E-state index in [4.69, 9.17) is 14.2 Å². The van der Waals surface area contributed by atoms with Crippen LogP contribution in [0, 0.1) is 11.6 Å². The third kappa shape index (κ3) is 3.87. The number of carbonyl (C=O) groups excluding carboxylic acids is 1. The van der Waals surface area contributed by atoms with Gasteiger partial charge >= 0.3 is 6.09 Å². The number of ether oxygens (including phenoxy) is 3. The van der Waals surface area contributed by atoms with Crippen LogP contribution in [-0.2, 0) is 16.8 Å². The Morgan fingerprint density at radius 2 is 2.12 bits per heavy atom. The van der Waals surface area contributed by atoms with Crippen LogP contribution in [0.4, 0.5) is 19.4 Å². The Morgan fingerprint density at radius 1 is 1.26 bits per heavy atom. The van der Waals surface area contributed by atoms with E-state index >= 15 is 4.39 Å². The topological polar surface area (TPSA) is 111 Å². The molecule has 34 heavy (non-hydrogen) atoms. The molecule has 0 saturated carbocycles. The van der Waals surface area contributed by atoms with E-state index in [0.29, 0.717) is 5.56 Å². The zero-order valence-electron chi connectivity index (χ0n) is 17.7. The van der Waals surface area contributed by atoms with Crippen molar-refractivity contribution in [2.24, 2.45) is 0 Å². The molecule has 176 valence electrons. The summed E-state index contributed by atoms with van der Waals surface area (Å²) < 4.78 is 51.9. The van der Waals surface area contributed by atoms with Crippen LogP contribution in [0.2, 0.25) is 0 Å². The van der Waals surface area contributed by atoms with Gasteiger partial charge in [-0.1, -0.05) is 0 Å². The summed E-state index contributed by atoms with van der Waals surface area (Å²) in [6, 6.07) is 7.11. The van der Waals surface area contributed by atoms with Crippen LogP contribution < -0.4 is 18.9 Å². The number of hydrogen-bond acceptors (Lipinski definition) is 10. The fraction of sp³-hybridized carbons (Fsp3) is 0.238. The molecule has 1 aromatic carbocycles. The Labute approximate surface area is 196 Å². The molecule has 10 nitrogen and oxygen atoms in total. The first-order valence-electron chi connectivity index (χ1n) is 10.1. The number of hydrogen-bond donors (Lipinski definition) is 2. The molecule has 1 amide bonds. The van der Waals surface area contributed by atoms with Gasteiger partial charge in [-0.2, -0.15) is 5.10 Å². The van der Waals surface area contributed by atoms with Crippen molar-refractivity contribution in [3.8, 4) is 17.4 Å². The number of nitrogens with zero attached hydrogens (tertiary/aromatic N) is 4. The van der Waals surface area contributed by atoms with E-state index in [1.807, 2.05) is 0 Å². The number of pyridine rings is 1. The highest BCUT2D eigenvalue weighted by molar-refractivity contribution is 7.98. The maximum absolute atomic E-state index is 15.0. The SMILES string of the molecule is CNSNc1nccc(CN2C(=O)Oc3cc(Oc4cccnn4)c(F)cc3C23COC3)c1F. The molecule has 0 bridgehead atoms. The average molecular weight is 488 g/mol. The lowest BCUT2D eigenvalue weighted by molar-refractivity contribution is -0.143. The predicted octanol–water partition coefficient (Wildman–Crippen LogP) is 3.38. The molecule has 13 heteroatoms. The second kappa shape index (κ2) is 9.00. The third-order valence-electron chi connectivity index (χ3n) is 5.46. The Morgan fingerprint density at radius 3 is 2.82 bits per heavy atom. The van der Waals surface area contributed by atoms with Crippen molar-refractivity contribution in [1.29, 1.82) is 0 Å². The first-order chi connectivity index (χ1) is 16.5. The number of halogens is 2. The molecular weight excluding hydrogens is 470 g/mol. The molecule has 0 radical (unpaired) electrons. The van der Waals surface area contributed by atoms with Gasteiger partial charge in [-0.05, 0) is 25.2 Å². The van der Waals surface area contributed by atoms with Crippen molar-refractivity contribution in [3.05, 3.63) is 65.5 Å². The van der Waals surface area contributed by atoms with Gasteiger partial charge in [-0.25, -0.2) is 23.3 Å². The molecule has 0 atom stereocenters. The highest BCUT2D eigenvalue weighted by Crippen LogP contribution is 2.47. The molecule has 2 aliphatic heterocycles. The normalized spacial score (nSPS) is 16.0. The van der Waals surface area contributed by atoms with Crippen LogP contribution in [-0.4, -0.2) is 46.4 Å². The van der Waals surface area contributed by atoms with Gasteiger partial charge in [-0.15, -0.1) is 5.10 Å². The van der Waals surface area contributed by atoms with Crippen molar-refractivity contribution >= 4 is 24.0 Å². The van der Waals surface area contributed by atoms with Crippen molar-refractivity contribution in [3.63, 3.8) is 0 Å². The maximum Gasteiger partial charge on any atom is 0.416 e. The lowest BCUT2D eigenvalue weighted by atomic mass is 9.84. The minimum Gasteiger partial charge on any atom is -0.434 e. The molecule has 1 fully saturated rings. The zero-order valence-corrected chi connectivity index (χ0v) is 18.6. The molecule has 2 N–H and O–H groups in total. The second-order valence-electron chi connectivity index (χ2n) is 7.46. The van der Waals surface area contributed by atoms with Crippen molar-refractivity contribution in [1.82, 2.24) is 24.8 Å². The van der Waals surface area contributed by atoms with Crippen LogP contribution >= 0.6 is 12.1 Å².